The number of rotatable bonds is 14. The van der Waals surface area contributed by atoms with E-state index < -0.39 is 0 Å². The molecule has 0 aliphatic rings. The van der Waals surface area contributed by atoms with Gasteiger partial charge in [0.25, 0.3) is 0 Å². The van der Waals surface area contributed by atoms with E-state index >= 15 is 0 Å². The van der Waals surface area contributed by atoms with Gasteiger partial charge < -0.3 is 14.3 Å². The van der Waals surface area contributed by atoms with Crippen LogP contribution in [0.3, 0.4) is 0 Å². The molecule has 0 saturated carbocycles. The van der Waals surface area contributed by atoms with Crippen molar-refractivity contribution in [3.63, 3.8) is 0 Å². The topological polar surface area (TPSA) is 40.0 Å². The quantitative estimate of drug-likeness (QED) is 0.136. The summed E-state index contributed by atoms with van der Waals surface area (Å²) in [4.78, 5) is 5.02. The van der Waals surface area contributed by atoms with Gasteiger partial charge in [-0.15, -0.1) is 0 Å². The summed E-state index contributed by atoms with van der Waals surface area (Å²) in [6.07, 6.45) is 10.4. The normalized spacial score (nSPS) is 11.7. The van der Waals surface area contributed by atoms with Crippen molar-refractivity contribution in [2.45, 2.75) is 66.2 Å². The van der Waals surface area contributed by atoms with Gasteiger partial charge >= 0.3 is 0 Å². The molecule has 2 rings (SSSR count). The van der Waals surface area contributed by atoms with Gasteiger partial charge in [0.1, 0.15) is 25.2 Å². The van der Waals surface area contributed by atoms with Gasteiger partial charge in [-0.1, -0.05) is 48.9 Å². The Kier molecular flexibility index (Phi) is 11.4. The molecule has 4 nitrogen and oxygen atoms in total. The molecule has 0 aliphatic carbocycles. The number of ether oxygens (including phenoxy) is 2. The van der Waals surface area contributed by atoms with Gasteiger partial charge in [-0.3, -0.25) is 0 Å². The fraction of sp³-hybridized carbons (Fsp3) is 0.464. The van der Waals surface area contributed by atoms with Crippen molar-refractivity contribution in [1.29, 1.82) is 0 Å². The molecule has 0 bridgehead atoms. The highest BCUT2D eigenvalue weighted by molar-refractivity contribution is 6.00. The van der Waals surface area contributed by atoms with Crippen LogP contribution < -0.4 is 9.47 Å². The van der Waals surface area contributed by atoms with Crippen LogP contribution >= 0.6 is 0 Å². The van der Waals surface area contributed by atoms with E-state index in [0.717, 1.165) is 73.5 Å². The smallest absolute Gasteiger partial charge is 0.125 e. The van der Waals surface area contributed by atoms with E-state index in [9.17, 15) is 0 Å². The minimum atomic E-state index is 0.595. The number of unbranched alkanes of at least 4 members (excludes halogenated alkanes) is 2. The molecule has 0 fully saturated rings. The largest absolute Gasteiger partial charge is 0.493 e. The lowest BCUT2D eigenvalue weighted by Gasteiger charge is -2.14. The molecule has 0 saturated heterocycles. The third-order valence-electron chi connectivity index (χ3n) is 5.32. The van der Waals surface area contributed by atoms with Crippen molar-refractivity contribution in [2.75, 3.05) is 20.3 Å². The molecular formula is C28H39NO3. The number of hydrogen-bond acceptors (Lipinski definition) is 4. The highest BCUT2D eigenvalue weighted by Gasteiger charge is 2.08. The van der Waals surface area contributed by atoms with Crippen molar-refractivity contribution in [3.05, 3.63) is 70.8 Å². The minimum absolute atomic E-state index is 0.595. The highest BCUT2D eigenvalue weighted by atomic mass is 16.6. The van der Waals surface area contributed by atoms with Crippen LogP contribution in [0.15, 0.2) is 53.7 Å². The van der Waals surface area contributed by atoms with Crippen molar-refractivity contribution in [2.24, 2.45) is 5.16 Å². The van der Waals surface area contributed by atoms with Gasteiger partial charge in [0.05, 0.1) is 12.3 Å². The van der Waals surface area contributed by atoms with E-state index in [-0.39, 0.29) is 0 Å². The number of oxime groups is 1. The maximum atomic E-state index is 6.11. The lowest BCUT2D eigenvalue weighted by molar-refractivity contribution is 0.213. The zero-order valence-corrected chi connectivity index (χ0v) is 20.4. The number of benzene rings is 2. The Morgan fingerprint density at radius 2 is 1.78 bits per heavy atom. The van der Waals surface area contributed by atoms with E-state index in [1.54, 1.807) is 7.11 Å². The molecule has 0 atom stereocenters. The van der Waals surface area contributed by atoms with Crippen LogP contribution in [0.1, 0.15) is 68.2 Å². The molecule has 4 heteroatoms. The van der Waals surface area contributed by atoms with E-state index in [1.165, 1.54) is 11.1 Å². The molecule has 0 unspecified atom stereocenters. The summed E-state index contributed by atoms with van der Waals surface area (Å²) in [6.45, 7) is 9.65. The van der Waals surface area contributed by atoms with Crippen LogP contribution in [-0.4, -0.2) is 26.0 Å². The van der Waals surface area contributed by atoms with Crippen LogP contribution in [0.25, 0.3) is 0 Å². The van der Waals surface area contributed by atoms with Crippen LogP contribution in [0.5, 0.6) is 11.5 Å². The van der Waals surface area contributed by atoms with Gasteiger partial charge in [0.15, 0.2) is 0 Å². The Balaban J connectivity index is 1.78. The maximum Gasteiger partial charge on any atom is 0.125 e. The first-order valence-electron chi connectivity index (χ1n) is 11.8. The number of aryl methyl sites for hydroxylation is 3. The summed E-state index contributed by atoms with van der Waals surface area (Å²) in [5.41, 5.74) is 5.78. The van der Waals surface area contributed by atoms with Crippen LogP contribution in [-0.2, 0) is 11.3 Å². The van der Waals surface area contributed by atoms with Crippen LogP contribution in [0.4, 0.5) is 0 Å². The maximum absolute atomic E-state index is 6.11. The van der Waals surface area contributed by atoms with Crippen molar-refractivity contribution >= 4 is 5.71 Å². The Hall–Kier alpha value is -2.75. The summed E-state index contributed by atoms with van der Waals surface area (Å²) in [6, 6.07) is 12.8. The summed E-state index contributed by atoms with van der Waals surface area (Å²) in [7, 11) is 1.61. The Morgan fingerprint density at radius 3 is 2.47 bits per heavy atom. The molecule has 0 radical (unpaired) electrons. The fourth-order valence-electron chi connectivity index (χ4n) is 3.74. The zero-order chi connectivity index (χ0) is 23.2. The SMILES string of the molecule is C/C=C/COc1cc(C)c(OCCCCCc2cccc(C(CCC)=NOC)c2)c(C)c1. The van der Waals surface area contributed by atoms with E-state index in [0.29, 0.717) is 6.61 Å². The summed E-state index contributed by atoms with van der Waals surface area (Å²) in [5.74, 6) is 1.88. The lowest BCUT2D eigenvalue weighted by Crippen LogP contribution is -2.03. The first kappa shape index (κ1) is 25.5. The monoisotopic (exact) mass is 437 g/mol. The summed E-state index contributed by atoms with van der Waals surface area (Å²) in [5, 5.41) is 4.20. The Bertz CT molecular complexity index is 863. The third kappa shape index (κ3) is 8.41. The standard InChI is InChI=1S/C28H39NO3/c1-6-8-17-31-26-19-22(3)28(23(4)20-26)32-18-11-9-10-14-24-15-12-16-25(21-24)27(13-7-2)29-30-5/h6,8,12,15-16,19-21H,7,9-11,13-14,17-18H2,1-5H3/b8-6+,29-27?. The fourth-order valence-corrected chi connectivity index (χ4v) is 3.74. The Labute approximate surface area is 194 Å². The van der Waals surface area contributed by atoms with E-state index in [1.807, 2.05) is 19.1 Å². The zero-order valence-electron chi connectivity index (χ0n) is 20.4. The third-order valence-corrected chi connectivity index (χ3v) is 5.32. The first-order chi connectivity index (χ1) is 15.6. The first-order valence-corrected chi connectivity index (χ1v) is 11.8. The van der Waals surface area contributed by atoms with Crippen molar-refractivity contribution in [1.82, 2.24) is 0 Å². The second-order valence-corrected chi connectivity index (χ2v) is 8.10. The summed E-state index contributed by atoms with van der Waals surface area (Å²) < 4.78 is 11.9. The van der Waals surface area contributed by atoms with Gasteiger partial charge in [-0.05, 0) is 93.3 Å². The van der Waals surface area contributed by atoms with Crippen LogP contribution in [0.2, 0.25) is 0 Å². The molecule has 32 heavy (non-hydrogen) atoms. The van der Waals surface area contributed by atoms with Crippen molar-refractivity contribution < 1.29 is 14.3 Å². The molecule has 0 spiro atoms. The molecule has 0 aromatic heterocycles. The van der Waals surface area contributed by atoms with E-state index in [4.69, 9.17) is 14.3 Å². The summed E-state index contributed by atoms with van der Waals surface area (Å²) >= 11 is 0. The molecular weight excluding hydrogens is 398 g/mol. The predicted octanol–water partition coefficient (Wildman–Crippen LogP) is 7.20. The molecule has 2 aromatic carbocycles. The number of hydrogen-bond donors (Lipinski definition) is 0. The molecule has 2 aromatic rings. The molecule has 0 heterocycles. The average molecular weight is 438 g/mol. The lowest BCUT2D eigenvalue weighted by atomic mass is 10.0. The average Bonchev–Trinajstić information content (AvgIpc) is 2.78. The Morgan fingerprint density at radius 1 is 1.00 bits per heavy atom. The van der Waals surface area contributed by atoms with E-state index in [2.05, 4.69) is 62.3 Å². The van der Waals surface area contributed by atoms with Gasteiger partial charge in [-0.25, -0.2) is 0 Å². The van der Waals surface area contributed by atoms with Gasteiger partial charge in [0, 0.05) is 0 Å². The highest BCUT2D eigenvalue weighted by Crippen LogP contribution is 2.28. The molecule has 0 N–H and O–H groups in total. The molecule has 174 valence electrons. The predicted molar refractivity (Wildman–Crippen MR) is 134 cm³/mol. The second-order valence-electron chi connectivity index (χ2n) is 8.10. The molecule has 0 aliphatic heterocycles. The van der Waals surface area contributed by atoms with Gasteiger partial charge in [-0.2, -0.15) is 0 Å². The number of nitrogens with zero attached hydrogens (tertiary/aromatic N) is 1. The van der Waals surface area contributed by atoms with Crippen molar-refractivity contribution in [3.8, 4) is 11.5 Å². The van der Waals surface area contributed by atoms with Crippen LogP contribution in [0, 0.1) is 13.8 Å². The van der Waals surface area contributed by atoms with Gasteiger partial charge in [0.2, 0.25) is 0 Å². The minimum Gasteiger partial charge on any atom is -0.493 e. The second kappa shape index (κ2) is 14.3. The number of allylic oxidation sites excluding steroid dienone is 1. The molecule has 0 amide bonds.